The number of piperidine rings is 1. The number of aryl methyl sites for hydroxylation is 2. The SMILES string of the molecule is CCc1ccccc1C(=O)c1cnc(NC2CCN(S(=O)(=O)c3cc(C)ccc3OC)CC2)s1. The van der Waals surface area contributed by atoms with Crippen molar-refractivity contribution in [2.75, 3.05) is 25.5 Å². The Morgan fingerprint density at radius 3 is 2.65 bits per heavy atom. The molecule has 1 aromatic heterocycles. The summed E-state index contributed by atoms with van der Waals surface area (Å²) in [7, 11) is -2.17. The molecule has 0 aliphatic carbocycles. The topological polar surface area (TPSA) is 88.6 Å². The van der Waals surface area contributed by atoms with E-state index in [2.05, 4.69) is 10.3 Å². The number of aromatic nitrogens is 1. The van der Waals surface area contributed by atoms with E-state index in [9.17, 15) is 13.2 Å². The molecule has 0 unspecified atom stereocenters. The first-order valence-electron chi connectivity index (χ1n) is 11.3. The molecule has 3 aromatic rings. The first kappa shape index (κ1) is 24.4. The number of hydrogen-bond donors (Lipinski definition) is 1. The number of ether oxygens (including phenoxy) is 1. The third-order valence-electron chi connectivity index (χ3n) is 6.09. The number of sulfonamides is 1. The number of nitrogens with one attached hydrogen (secondary N) is 1. The van der Waals surface area contributed by atoms with Gasteiger partial charge < -0.3 is 10.1 Å². The van der Waals surface area contributed by atoms with Gasteiger partial charge >= 0.3 is 0 Å². The number of nitrogens with zero attached hydrogens (tertiary/aromatic N) is 2. The zero-order valence-corrected chi connectivity index (χ0v) is 21.2. The van der Waals surface area contributed by atoms with Crippen LogP contribution >= 0.6 is 11.3 Å². The van der Waals surface area contributed by atoms with Gasteiger partial charge in [0, 0.05) is 24.7 Å². The maximum Gasteiger partial charge on any atom is 0.246 e. The highest BCUT2D eigenvalue weighted by atomic mass is 32.2. The van der Waals surface area contributed by atoms with Crippen molar-refractivity contribution in [3.05, 3.63) is 70.2 Å². The predicted octanol–water partition coefficient (Wildman–Crippen LogP) is 4.52. The van der Waals surface area contributed by atoms with E-state index >= 15 is 0 Å². The summed E-state index contributed by atoms with van der Waals surface area (Å²) in [4.78, 5) is 18.2. The molecule has 0 spiro atoms. The van der Waals surface area contributed by atoms with Crippen molar-refractivity contribution in [1.29, 1.82) is 0 Å². The molecule has 1 N–H and O–H groups in total. The zero-order chi connectivity index (χ0) is 24.3. The Balaban J connectivity index is 1.40. The van der Waals surface area contributed by atoms with Crippen LogP contribution in [0.4, 0.5) is 5.13 Å². The van der Waals surface area contributed by atoms with Crippen LogP contribution in [0.2, 0.25) is 0 Å². The van der Waals surface area contributed by atoms with E-state index in [1.54, 1.807) is 18.3 Å². The van der Waals surface area contributed by atoms with E-state index in [0.717, 1.165) is 17.5 Å². The lowest BCUT2D eigenvalue weighted by molar-refractivity contribution is 0.104. The molecule has 0 amide bonds. The first-order chi connectivity index (χ1) is 16.3. The number of methoxy groups -OCH3 is 1. The van der Waals surface area contributed by atoms with Crippen LogP contribution in [0.1, 0.15) is 46.1 Å². The molecule has 34 heavy (non-hydrogen) atoms. The lowest BCUT2D eigenvalue weighted by atomic mass is 10.0. The fourth-order valence-electron chi connectivity index (χ4n) is 4.17. The molecule has 0 radical (unpaired) electrons. The number of carbonyl (C=O) groups excluding carboxylic acids is 1. The molecule has 7 nitrogen and oxygen atoms in total. The van der Waals surface area contributed by atoms with Gasteiger partial charge in [0.2, 0.25) is 15.8 Å². The predicted molar refractivity (Wildman–Crippen MR) is 135 cm³/mol. The maximum absolute atomic E-state index is 13.2. The minimum atomic E-state index is -3.65. The fourth-order valence-corrected chi connectivity index (χ4v) is 6.73. The Hall–Kier alpha value is -2.75. The van der Waals surface area contributed by atoms with Crippen LogP contribution in [0.5, 0.6) is 5.75 Å². The standard InChI is InChI=1S/C25H29N3O4S2/c1-4-18-7-5-6-8-20(18)24(29)22-16-26-25(33-22)27-19-11-13-28(14-12-19)34(30,31)23-15-17(2)9-10-21(23)32-3/h5-10,15-16,19H,4,11-14H2,1-3H3,(H,26,27). The lowest BCUT2D eigenvalue weighted by Crippen LogP contribution is -2.42. The summed E-state index contributed by atoms with van der Waals surface area (Å²) in [6, 6.07) is 12.9. The van der Waals surface area contributed by atoms with Crippen LogP contribution < -0.4 is 10.1 Å². The second kappa shape index (κ2) is 10.2. The van der Waals surface area contributed by atoms with Crippen molar-refractivity contribution in [2.24, 2.45) is 0 Å². The second-order valence-corrected chi connectivity index (χ2v) is 11.3. The maximum atomic E-state index is 13.2. The first-order valence-corrected chi connectivity index (χ1v) is 13.6. The van der Waals surface area contributed by atoms with Crippen molar-refractivity contribution in [3.8, 4) is 5.75 Å². The van der Waals surface area contributed by atoms with Crippen LogP contribution in [0.15, 0.2) is 53.6 Å². The molecule has 1 aliphatic heterocycles. The second-order valence-electron chi connectivity index (χ2n) is 8.35. The van der Waals surface area contributed by atoms with Gasteiger partial charge in [-0.25, -0.2) is 13.4 Å². The smallest absolute Gasteiger partial charge is 0.246 e. The normalized spacial score (nSPS) is 15.3. The number of carbonyl (C=O) groups is 1. The van der Waals surface area contributed by atoms with Gasteiger partial charge in [-0.2, -0.15) is 4.31 Å². The highest BCUT2D eigenvalue weighted by molar-refractivity contribution is 7.89. The van der Waals surface area contributed by atoms with Gasteiger partial charge in [0.05, 0.1) is 18.2 Å². The van der Waals surface area contributed by atoms with E-state index < -0.39 is 10.0 Å². The minimum absolute atomic E-state index is 0.0176. The van der Waals surface area contributed by atoms with E-state index in [1.165, 1.54) is 22.8 Å². The molecule has 180 valence electrons. The van der Waals surface area contributed by atoms with Crippen molar-refractivity contribution in [1.82, 2.24) is 9.29 Å². The van der Waals surface area contributed by atoms with E-state index in [4.69, 9.17) is 4.74 Å². The lowest BCUT2D eigenvalue weighted by Gasteiger charge is -2.31. The summed E-state index contributed by atoms with van der Waals surface area (Å²) < 4.78 is 33.3. The number of rotatable bonds is 8. The molecular formula is C25H29N3O4S2. The number of anilines is 1. The Labute approximate surface area is 204 Å². The Bertz CT molecular complexity index is 1280. The van der Waals surface area contributed by atoms with E-state index in [-0.39, 0.29) is 16.7 Å². The number of hydrogen-bond acceptors (Lipinski definition) is 7. The molecular weight excluding hydrogens is 470 g/mol. The van der Waals surface area contributed by atoms with Gasteiger partial charge in [-0.05, 0) is 49.4 Å². The Morgan fingerprint density at radius 1 is 1.21 bits per heavy atom. The summed E-state index contributed by atoms with van der Waals surface area (Å²) in [6.07, 6.45) is 3.71. The highest BCUT2D eigenvalue weighted by Crippen LogP contribution is 2.30. The molecule has 2 aromatic carbocycles. The number of thiazole rings is 1. The van der Waals surface area contributed by atoms with Crippen LogP contribution in [0, 0.1) is 6.92 Å². The summed E-state index contributed by atoms with van der Waals surface area (Å²) >= 11 is 1.34. The summed E-state index contributed by atoms with van der Waals surface area (Å²) in [6.45, 7) is 4.70. The van der Waals surface area contributed by atoms with Crippen molar-refractivity contribution < 1.29 is 17.9 Å². The van der Waals surface area contributed by atoms with Gasteiger partial charge in [-0.3, -0.25) is 4.79 Å². The summed E-state index contributed by atoms with van der Waals surface area (Å²) in [5.74, 6) is 0.339. The Kier molecular flexibility index (Phi) is 7.35. The molecule has 4 rings (SSSR count). The van der Waals surface area contributed by atoms with Crippen molar-refractivity contribution in [3.63, 3.8) is 0 Å². The van der Waals surface area contributed by atoms with Crippen LogP contribution in [-0.2, 0) is 16.4 Å². The molecule has 0 bridgehead atoms. The van der Waals surface area contributed by atoms with Gasteiger partial charge in [-0.15, -0.1) is 0 Å². The minimum Gasteiger partial charge on any atom is -0.495 e. The molecule has 1 aliphatic rings. The van der Waals surface area contributed by atoms with Crippen LogP contribution in [0.3, 0.4) is 0 Å². The number of ketones is 1. The zero-order valence-electron chi connectivity index (χ0n) is 19.6. The third kappa shape index (κ3) is 5.01. The highest BCUT2D eigenvalue weighted by Gasteiger charge is 2.32. The van der Waals surface area contributed by atoms with Gasteiger partial charge in [0.15, 0.2) is 5.13 Å². The van der Waals surface area contributed by atoms with Crippen LogP contribution in [-0.4, -0.2) is 49.7 Å². The van der Waals surface area contributed by atoms with Crippen molar-refractivity contribution >= 4 is 32.3 Å². The quantitative estimate of drug-likeness (QED) is 0.459. The third-order valence-corrected chi connectivity index (χ3v) is 8.94. The van der Waals surface area contributed by atoms with Gasteiger partial charge in [0.25, 0.3) is 0 Å². The molecule has 9 heteroatoms. The summed E-state index contributed by atoms with van der Waals surface area (Å²) in [5, 5.41) is 4.07. The molecule has 0 saturated carbocycles. The van der Waals surface area contributed by atoms with E-state index in [0.29, 0.717) is 47.3 Å². The molecule has 1 saturated heterocycles. The van der Waals surface area contributed by atoms with Crippen molar-refractivity contribution in [2.45, 2.75) is 44.0 Å². The van der Waals surface area contributed by atoms with Gasteiger partial charge in [-0.1, -0.05) is 48.6 Å². The molecule has 1 fully saturated rings. The average Bonchev–Trinajstić information content (AvgIpc) is 3.32. The van der Waals surface area contributed by atoms with E-state index in [1.807, 2.05) is 44.2 Å². The largest absolute Gasteiger partial charge is 0.495 e. The van der Waals surface area contributed by atoms with Gasteiger partial charge in [0.1, 0.15) is 10.6 Å². The summed E-state index contributed by atoms with van der Waals surface area (Å²) in [5.41, 5.74) is 2.60. The van der Waals surface area contributed by atoms with Crippen LogP contribution in [0.25, 0.3) is 0 Å². The average molecular weight is 500 g/mol. The number of benzene rings is 2. The monoisotopic (exact) mass is 499 g/mol. The Morgan fingerprint density at radius 2 is 1.94 bits per heavy atom. The molecule has 2 heterocycles. The fraction of sp³-hybridized carbons (Fsp3) is 0.360. The molecule has 0 atom stereocenters.